The second-order valence-corrected chi connectivity index (χ2v) is 5.69. The summed E-state index contributed by atoms with van der Waals surface area (Å²) in [5, 5.41) is 6.59. The van der Waals surface area contributed by atoms with Gasteiger partial charge in [0, 0.05) is 24.5 Å². The average molecular weight is 333 g/mol. The van der Waals surface area contributed by atoms with Gasteiger partial charge in [-0.15, -0.1) is 0 Å². The number of amides is 2. The van der Waals surface area contributed by atoms with Gasteiger partial charge in [-0.1, -0.05) is 48.5 Å². The van der Waals surface area contributed by atoms with Crippen molar-refractivity contribution in [1.82, 2.24) is 10.3 Å². The molecule has 126 valence electrons. The fourth-order valence-electron chi connectivity index (χ4n) is 2.58. The Hall–Kier alpha value is -3.21. The number of carbonyl (C=O) groups excluding carboxylic acids is 2. The summed E-state index contributed by atoms with van der Waals surface area (Å²) in [5.74, 6) is -0.246. The van der Waals surface area contributed by atoms with E-state index in [9.17, 15) is 9.59 Å². The van der Waals surface area contributed by atoms with Crippen LogP contribution in [-0.4, -0.2) is 23.3 Å². The number of nitrogens with one attached hydrogen (secondary N) is 2. The molecule has 0 aliphatic heterocycles. The molecule has 1 heterocycles. The number of benzene rings is 2. The average Bonchev–Trinajstić information content (AvgIpc) is 2.63. The summed E-state index contributed by atoms with van der Waals surface area (Å²) in [6.45, 7) is 0.301. The van der Waals surface area contributed by atoms with Gasteiger partial charge in [0.1, 0.15) is 0 Å². The number of anilines is 1. The molecule has 5 nitrogen and oxygen atoms in total. The molecule has 0 unspecified atom stereocenters. The van der Waals surface area contributed by atoms with Crippen molar-refractivity contribution in [1.29, 1.82) is 0 Å². The molecule has 2 aromatic carbocycles. The molecule has 0 saturated heterocycles. The largest absolute Gasteiger partial charge is 0.355 e. The number of hydrogen-bond acceptors (Lipinski definition) is 3. The Morgan fingerprint density at radius 3 is 2.52 bits per heavy atom. The van der Waals surface area contributed by atoms with E-state index in [1.165, 1.54) is 0 Å². The van der Waals surface area contributed by atoms with E-state index in [2.05, 4.69) is 15.6 Å². The van der Waals surface area contributed by atoms with Gasteiger partial charge in [-0.3, -0.25) is 14.6 Å². The Morgan fingerprint density at radius 1 is 0.880 bits per heavy atom. The molecule has 25 heavy (non-hydrogen) atoms. The van der Waals surface area contributed by atoms with Crippen LogP contribution in [0.1, 0.15) is 12.0 Å². The quantitative estimate of drug-likeness (QED) is 0.728. The van der Waals surface area contributed by atoms with Crippen molar-refractivity contribution in [2.45, 2.75) is 12.8 Å². The molecule has 3 rings (SSSR count). The first-order valence-corrected chi connectivity index (χ1v) is 8.16. The molecule has 2 amide bonds. The maximum Gasteiger partial charge on any atom is 0.226 e. The zero-order chi connectivity index (χ0) is 17.5. The third-order valence-corrected chi connectivity index (χ3v) is 3.79. The van der Waals surface area contributed by atoms with Crippen LogP contribution < -0.4 is 10.6 Å². The number of para-hydroxylation sites is 1. The van der Waals surface area contributed by atoms with Crippen LogP contribution in [0, 0.1) is 0 Å². The highest BCUT2D eigenvalue weighted by molar-refractivity contribution is 6.00. The van der Waals surface area contributed by atoms with Crippen LogP contribution in [0.5, 0.6) is 0 Å². The van der Waals surface area contributed by atoms with Crippen molar-refractivity contribution in [3.05, 3.63) is 72.4 Å². The summed E-state index contributed by atoms with van der Waals surface area (Å²) in [6, 6.07) is 19.0. The highest BCUT2D eigenvalue weighted by Gasteiger charge is 2.08. The van der Waals surface area contributed by atoms with Gasteiger partial charge in [0.15, 0.2) is 0 Å². The molecule has 0 bridgehead atoms. The smallest absolute Gasteiger partial charge is 0.226 e. The van der Waals surface area contributed by atoms with Crippen molar-refractivity contribution < 1.29 is 9.59 Å². The van der Waals surface area contributed by atoms with E-state index < -0.39 is 0 Å². The summed E-state index contributed by atoms with van der Waals surface area (Å²) in [5.41, 5.74) is 2.39. The standard InChI is InChI=1S/C20H19N3O2/c24-18(11-13-21-19(25)14-15-6-2-1-3-7-15)23-17-10-4-8-16-9-5-12-22-20(16)17/h1-10,12H,11,13-14H2,(H,21,25)(H,23,24). The lowest BCUT2D eigenvalue weighted by molar-refractivity contribution is -0.120. The first-order valence-electron chi connectivity index (χ1n) is 8.16. The van der Waals surface area contributed by atoms with Gasteiger partial charge in [-0.25, -0.2) is 0 Å². The predicted molar refractivity (Wildman–Crippen MR) is 98.1 cm³/mol. The fraction of sp³-hybridized carbons (Fsp3) is 0.150. The zero-order valence-corrected chi connectivity index (χ0v) is 13.7. The molecule has 0 atom stereocenters. The highest BCUT2D eigenvalue weighted by Crippen LogP contribution is 2.20. The maximum atomic E-state index is 12.1. The zero-order valence-electron chi connectivity index (χ0n) is 13.7. The lowest BCUT2D eigenvalue weighted by Gasteiger charge is -2.09. The summed E-state index contributed by atoms with van der Waals surface area (Å²) >= 11 is 0. The van der Waals surface area contributed by atoms with E-state index >= 15 is 0 Å². The summed E-state index contributed by atoms with van der Waals surface area (Å²) in [4.78, 5) is 28.3. The maximum absolute atomic E-state index is 12.1. The summed E-state index contributed by atoms with van der Waals surface area (Å²) in [6.07, 6.45) is 2.22. The third-order valence-electron chi connectivity index (χ3n) is 3.79. The normalized spacial score (nSPS) is 10.4. The Bertz CT molecular complexity index is 873. The minimum atomic E-state index is -0.154. The van der Waals surface area contributed by atoms with Gasteiger partial charge in [0.2, 0.25) is 11.8 Å². The number of aromatic nitrogens is 1. The monoisotopic (exact) mass is 333 g/mol. The van der Waals surface area contributed by atoms with E-state index in [1.807, 2.05) is 60.7 Å². The molecule has 0 saturated carbocycles. The van der Waals surface area contributed by atoms with Crippen LogP contribution in [0.3, 0.4) is 0 Å². The van der Waals surface area contributed by atoms with Crippen LogP contribution in [0.15, 0.2) is 66.9 Å². The minimum absolute atomic E-state index is 0.0918. The van der Waals surface area contributed by atoms with Crippen LogP contribution >= 0.6 is 0 Å². The number of rotatable bonds is 6. The summed E-state index contributed by atoms with van der Waals surface area (Å²) in [7, 11) is 0. The first-order chi connectivity index (χ1) is 12.2. The van der Waals surface area contributed by atoms with E-state index in [1.54, 1.807) is 6.20 Å². The molecule has 0 radical (unpaired) electrons. The van der Waals surface area contributed by atoms with Crippen LogP contribution in [0.25, 0.3) is 10.9 Å². The first kappa shape index (κ1) is 16.6. The second kappa shape index (κ2) is 8.06. The highest BCUT2D eigenvalue weighted by atomic mass is 16.2. The van der Waals surface area contributed by atoms with Gasteiger partial charge in [-0.05, 0) is 17.7 Å². The van der Waals surface area contributed by atoms with Crippen molar-refractivity contribution in [3.63, 3.8) is 0 Å². The molecule has 0 fully saturated rings. The third kappa shape index (κ3) is 4.64. The lowest BCUT2D eigenvalue weighted by Crippen LogP contribution is -2.28. The second-order valence-electron chi connectivity index (χ2n) is 5.69. The van der Waals surface area contributed by atoms with Gasteiger partial charge < -0.3 is 10.6 Å². The van der Waals surface area contributed by atoms with Gasteiger partial charge >= 0.3 is 0 Å². The Labute approximate surface area is 146 Å². The number of carbonyl (C=O) groups is 2. The molecule has 1 aromatic heterocycles. The van der Waals surface area contributed by atoms with E-state index in [-0.39, 0.29) is 18.2 Å². The number of hydrogen-bond donors (Lipinski definition) is 2. The number of nitrogens with zero attached hydrogens (tertiary/aromatic N) is 1. The lowest BCUT2D eigenvalue weighted by atomic mass is 10.1. The molecule has 0 aliphatic rings. The molecule has 0 spiro atoms. The molecule has 3 aromatic rings. The predicted octanol–water partition coefficient (Wildman–Crippen LogP) is 2.92. The van der Waals surface area contributed by atoms with Crippen LogP contribution in [-0.2, 0) is 16.0 Å². The van der Waals surface area contributed by atoms with Crippen molar-refractivity contribution >= 4 is 28.4 Å². The van der Waals surface area contributed by atoms with Gasteiger partial charge in [-0.2, -0.15) is 0 Å². The fourth-order valence-corrected chi connectivity index (χ4v) is 2.58. The van der Waals surface area contributed by atoms with Crippen molar-refractivity contribution in [2.24, 2.45) is 0 Å². The van der Waals surface area contributed by atoms with E-state index in [4.69, 9.17) is 0 Å². The topological polar surface area (TPSA) is 71.1 Å². The summed E-state index contributed by atoms with van der Waals surface area (Å²) < 4.78 is 0. The minimum Gasteiger partial charge on any atom is -0.355 e. The van der Waals surface area contributed by atoms with Crippen LogP contribution in [0.2, 0.25) is 0 Å². The van der Waals surface area contributed by atoms with E-state index in [0.717, 1.165) is 16.5 Å². The molecular weight excluding hydrogens is 314 g/mol. The molecule has 5 heteroatoms. The van der Waals surface area contributed by atoms with Gasteiger partial charge in [0.25, 0.3) is 0 Å². The van der Waals surface area contributed by atoms with Gasteiger partial charge in [0.05, 0.1) is 17.6 Å². The van der Waals surface area contributed by atoms with Crippen LogP contribution in [0.4, 0.5) is 5.69 Å². The molecule has 0 aliphatic carbocycles. The Balaban J connectivity index is 1.49. The number of fused-ring (bicyclic) bond motifs is 1. The molecular formula is C20H19N3O2. The Morgan fingerprint density at radius 2 is 1.68 bits per heavy atom. The Kier molecular flexibility index (Phi) is 5.36. The van der Waals surface area contributed by atoms with E-state index in [0.29, 0.717) is 18.7 Å². The van der Waals surface area contributed by atoms with Crippen molar-refractivity contribution in [2.75, 3.05) is 11.9 Å². The SMILES string of the molecule is O=C(Cc1ccccc1)NCCC(=O)Nc1cccc2cccnc12. The number of pyridine rings is 1. The molecule has 2 N–H and O–H groups in total. The van der Waals surface area contributed by atoms with Crippen molar-refractivity contribution in [3.8, 4) is 0 Å².